The van der Waals surface area contributed by atoms with Crippen molar-refractivity contribution in [3.63, 3.8) is 0 Å². The zero-order chi connectivity index (χ0) is 10.2. The fourth-order valence-electron chi connectivity index (χ4n) is 1.25. The standard InChI is InChI=1S/C11H14ClNO.ClH/c1-8-2-3-9(12)10(6-8)14-7-11(13)4-5-11;/h2-3,6H,4-5,7,13H2,1H3;1H. The van der Waals surface area contributed by atoms with E-state index < -0.39 is 0 Å². The molecule has 0 amide bonds. The fourth-order valence-corrected chi connectivity index (χ4v) is 1.42. The number of hydrogen-bond donors (Lipinski definition) is 1. The van der Waals surface area contributed by atoms with Crippen molar-refractivity contribution < 1.29 is 4.74 Å². The highest BCUT2D eigenvalue weighted by Crippen LogP contribution is 2.34. The van der Waals surface area contributed by atoms with Gasteiger partial charge in [-0.05, 0) is 37.5 Å². The van der Waals surface area contributed by atoms with Crippen molar-refractivity contribution in [1.82, 2.24) is 0 Å². The average molecular weight is 248 g/mol. The van der Waals surface area contributed by atoms with Gasteiger partial charge in [-0.1, -0.05) is 17.7 Å². The van der Waals surface area contributed by atoms with E-state index in [2.05, 4.69) is 0 Å². The maximum Gasteiger partial charge on any atom is 0.138 e. The average Bonchev–Trinajstić information content (AvgIpc) is 2.87. The molecule has 1 aliphatic rings. The first-order valence-electron chi connectivity index (χ1n) is 4.77. The van der Waals surface area contributed by atoms with Gasteiger partial charge in [0.2, 0.25) is 0 Å². The van der Waals surface area contributed by atoms with Crippen LogP contribution in [-0.2, 0) is 0 Å². The molecule has 84 valence electrons. The molecule has 1 fully saturated rings. The summed E-state index contributed by atoms with van der Waals surface area (Å²) in [7, 11) is 0. The predicted molar refractivity (Wildman–Crippen MR) is 65.1 cm³/mol. The highest BCUT2D eigenvalue weighted by Gasteiger charge is 2.39. The molecule has 0 saturated heterocycles. The van der Waals surface area contributed by atoms with Gasteiger partial charge in [0.1, 0.15) is 12.4 Å². The number of halogens is 2. The smallest absolute Gasteiger partial charge is 0.138 e. The third-order valence-corrected chi connectivity index (χ3v) is 2.81. The first-order chi connectivity index (χ1) is 6.59. The third kappa shape index (κ3) is 3.26. The topological polar surface area (TPSA) is 35.2 Å². The van der Waals surface area contributed by atoms with E-state index in [-0.39, 0.29) is 17.9 Å². The van der Waals surface area contributed by atoms with Crippen LogP contribution in [0, 0.1) is 6.92 Å². The second-order valence-corrected chi connectivity index (χ2v) is 4.49. The van der Waals surface area contributed by atoms with E-state index in [1.807, 2.05) is 25.1 Å². The molecule has 0 aliphatic heterocycles. The molecule has 0 bridgehead atoms. The Morgan fingerprint density at radius 3 is 2.73 bits per heavy atom. The monoisotopic (exact) mass is 247 g/mol. The third-order valence-electron chi connectivity index (χ3n) is 2.49. The van der Waals surface area contributed by atoms with Crippen LogP contribution in [0.4, 0.5) is 0 Å². The number of rotatable bonds is 3. The van der Waals surface area contributed by atoms with Crippen LogP contribution in [0.1, 0.15) is 18.4 Å². The van der Waals surface area contributed by atoms with Crippen molar-refractivity contribution in [3.05, 3.63) is 28.8 Å². The zero-order valence-electron chi connectivity index (χ0n) is 8.63. The van der Waals surface area contributed by atoms with Crippen LogP contribution in [-0.4, -0.2) is 12.1 Å². The van der Waals surface area contributed by atoms with Gasteiger partial charge in [0.25, 0.3) is 0 Å². The maximum atomic E-state index is 5.98. The van der Waals surface area contributed by atoms with Gasteiger partial charge in [-0.2, -0.15) is 0 Å². The van der Waals surface area contributed by atoms with Crippen LogP contribution in [0.15, 0.2) is 18.2 Å². The predicted octanol–water partition coefficient (Wildman–Crippen LogP) is 2.94. The van der Waals surface area contributed by atoms with Gasteiger partial charge in [-0.25, -0.2) is 0 Å². The van der Waals surface area contributed by atoms with E-state index >= 15 is 0 Å². The van der Waals surface area contributed by atoms with Crippen molar-refractivity contribution in [2.45, 2.75) is 25.3 Å². The molecule has 0 aromatic heterocycles. The van der Waals surface area contributed by atoms with Crippen molar-refractivity contribution in [2.24, 2.45) is 5.73 Å². The first kappa shape index (κ1) is 12.6. The van der Waals surface area contributed by atoms with E-state index in [9.17, 15) is 0 Å². The summed E-state index contributed by atoms with van der Waals surface area (Å²) in [6, 6.07) is 5.75. The number of nitrogens with two attached hydrogens (primary N) is 1. The minimum absolute atomic E-state index is 0. The number of aryl methyl sites for hydroxylation is 1. The van der Waals surface area contributed by atoms with Crippen LogP contribution < -0.4 is 10.5 Å². The van der Waals surface area contributed by atoms with Crippen molar-refractivity contribution >= 4 is 24.0 Å². The van der Waals surface area contributed by atoms with Gasteiger partial charge in [-0.15, -0.1) is 12.4 Å². The van der Waals surface area contributed by atoms with Crippen LogP contribution in [0.5, 0.6) is 5.75 Å². The second kappa shape index (κ2) is 4.60. The fraction of sp³-hybridized carbons (Fsp3) is 0.455. The van der Waals surface area contributed by atoms with Gasteiger partial charge in [0.05, 0.1) is 10.6 Å². The molecule has 0 unspecified atom stereocenters. The van der Waals surface area contributed by atoms with Crippen molar-refractivity contribution in [2.75, 3.05) is 6.61 Å². The van der Waals surface area contributed by atoms with E-state index in [0.29, 0.717) is 11.6 Å². The van der Waals surface area contributed by atoms with Crippen LogP contribution in [0.3, 0.4) is 0 Å². The molecule has 2 nitrogen and oxygen atoms in total. The molecule has 4 heteroatoms. The summed E-state index contributed by atoms with van der Waals surface area (Å²) in [6.45, 7) is 2.58. The normalized spacial score (nSPS) is 16.7. The number of ether oxygens (including phenoxy) is 1. The van der Waals surface area contributed by atoms with E-state index in [4.69, 9.17) is 22.1 Å². The quantitative estimate of drug-likeness (QED) is 0.892. The van der Waals surface area contributed by atoms with Crippen molar-refractivity contribution in [3.8, 4) is 5.75 Å². The highest BCUT2D eigenvalue weighted by atomic mass is 35.5. The molecular weight excluding hydrogens is 233 g/mol. The Balaban J connectivity index is 0.00000112. The molecule has 0 atom stereocenters. The van der Waals surface area contributed by atoms with Crippen LogP contribution >= 0.6 is 24.0 Å². The number of hydrogen-bond acceptors (Lipinski definition) is 2. The molecule has 1 aliphatic carbocycles. The lowest BCUT2D eigenvalue weighted by atomic mass is 10.2. The molecule has 0 radical (unpaired) electrons. The lowest BCUT2D eigenvalue weighted by Crippen LogP contribution is -2.29. The van der Waals surface area contributed by atoms with Gasteiger partial charge >= 0.3 is 0 Å². The van der Waals surface area contributed by atoms with Crippen LogP contribution in [0.25, 0.3) is 0 Å². The van der Waals surface area contributed by atoms with E-state index in [0.717, 1.165) is 24.2 Å². The van der Waals surface area contributed by atoms with Gasteiger partial charge in [0, 0.05) is 0 Å². The summed E-state index contributed by atoms with van der Waals surface area (Å²) in [4.78, 5) is 0. The largest absolute Gasteiger partial charge is 0.490 e. The zero-order valence-corrected chi connectivity index (χ0v) is 10.2. The summed E-state index contributed by atoms with van der Waals surface area (Å²) in [5.74, 6) is 0.739. The SMILES string of the molecule is Cc1ccc(Cl)c(OCC2(N)CC2)c1.Cl. The molecule has 0 spiro atoms. The van der Waals surface area contributed by atoms with Gasteiger partial charge in [-0.3, -0.25) is 0 Å². The Hall–Kier alpha value is -0.440. The summed E-state index contributed by atoms with van der Waals surface area (Å²) in [5, 5.41) is 0.653. The number of benzene rings is 1. The molecule has 1 aromatic rings. The summed E-state index contributed by atoms with van der Waals surface area (Å²) >= 11 is 5.98. The van der Waals surface area contributed by atoms with E-state index in [1.165, 1.54) is 0 Å². The van der Waals surface area contributed by atoms with E-state index in [1.54, 1.807) is 0 Å². The lowest BCUT2D eigenvalue weighted by molar-refractivity contribution is 0.279. The first-order valence-corrected chi connectivity index (χ1v) is 5.15. The summed E-state index contributed by atoms with van der Waals surface area (Å²) in [5.41, 5.74) is 6.97. The summed E-state index contributed by atoms with van der Waals surface area (Å²) in [6.07, 6.45) is 2.10. The van der Waals surface area contributed by atoms with Crippen LogP contribution in [0.2, 0.25) is 5.02 Å². The lowest BCUT2D eigenvalue weighted by Gasteiger charge is -2.12. The minimum atomic E-state index is -0.0902. The molecule has 2 N–H and O–H groups in total. The molecule has 2 rings (SSSR count). The molecule has 1 saturated carbocycles. The Kier molecular flexibility index (Phi) is 3.87. The minimum Gasteiger partial charge on any atom is -0.490 e. The summed E-state index contributed by atoms with van der Waals surface area (Å²) < 4.78 is 5.59. The highest BCUT2D eigenvalue weighted by molar-refractivity contribution is 6.32. The Bertz CT molecular complexity index is 350. The molecule has 0 heterocycles. The van der Waals surface area contributed by atoms with Gasteiger partial charge < -0.3 is 10.5 Å². The maximum absolute atomic E-state index is 5.98. The Morgan fingerprint density at radius 2 is 2.13 bits per heavy atom. The Labute approximate surface area is 101 Å². The second-order valence-electron chi connectivity index (χ2n) is 4.08. The molecular formula is C11H15Cl2NO. The Morgan fingerprint density at radius 1 is 1.47 bits per heavy atom. The van der Waals surface area contributed by atoms with Gasteiger partial charge in [0.15, 0.2) is 0 Å². The molecule has 1 aromatic carbocycles. The van der Waals surface area contributed by atoms with Crippen molar-refractivity contribution in [1.29, 1.82) is 0 Å². The molecule has 15 heavy (non-hydrogen) atoms.